The van der Waals surface area contributed by atoms with E-state index in [1.54, 1.807) is 11.0 Å². The summed E-state index contributed by atoms with van der Waals surface area (Å²) in [6.07, 6.45) is 0. The Balaban J connectivity index is 1.50. The number of carbonyl (C=O) groups is 2. The summed E-state index contributed by atoms with van der Waals surface area (Å²) in [7, 11) is 0. The van der Waals surface area contributed by atoms with Gasteiger partial charge in [0.05, 0.1) is 12.1 Å². The van der Waals surface area contributed by atoms with Crippen LogP contribution >= 0.6 is 0 Å². The van der Waals surface area contributed by atoms with Gasteiger partial charge in [0.2, 0.25) is 5.95 Å². The van der Waals surface area contributed by atoms with Crippen molar-refractivity contribution in [2.24, 2.45) is 5.73 Å². The van der Waals surface area contributed by atoms with Gasteiger partial charge in [0, 0.05) is 18.5 Å². The van der Waals surface area contributed by atoms with Crippen LogP contribution in [0.4, 0.5) is 5.95 Å². The number of nitrogens with two attached hydrogens (primary N) is 2. The van der Waals surface area contributed by atoms with Gasteiger partial charge < -0.3 is 26.2 Å². The summed E-state index contributed by atoms with van der Waals surface area (Å²) in [5.41, 5.74) is 16.9. The summed E-state index contributed by atoms with van der Waals surface area (Å²) in [5.74, 6) is -0.875. The third kappa shape index (κ3) is 4.49. The third-order valence-electron chi connectivity index (χ3n) is 6.24. The van der Waals surface area contributed by atoms with Crippen LogP contribution in [0.25, 0.3) is 22.0 Å². The van der Waals surface area contributed by atoms with Crippen molar-refractivity contribution < 1.29 is 19.4 Å². The predicted molar refractivity (Wildman–Crippen MR) is 134 cm³/mol. The van der Waals surface area contributed by atoms with Crippen molar-refractivity contribution in [1.29, 1.82) is 0 Å². The van der Waals surface area contributed by atoms with E-state index in [0.717, 1.165) is 27.8 Å². The lowest BCUT2D eigenvalue weighted by Crippen LogP contribution is -2.35. The fourth-order valence-corrected chi connectivity index (χ4v) is 4.36. The SMILES string of the molecule is Nc1nc(C(=O)N2Cc3ccccc3C2)c2cc(-c3ccccc3COC(=O)[C@H](N)CO)ccc2n1. The fourth-order valence-electron chi connectivity index (χ4n) is 4.36. The number of ether oxygens (including phenoxy) is 1. The van der Waals surface area contributed by atoms with Crippen LogP contribution in [-0.4, -0.2) is 44.5 Å². The average Bonchev–Trinajstić information content (AvgIpc) is 3.34. The molecule has 0 saturated heterocycles. The van der Waals surface area contributed by atoms with Gasteiger partial charge in [-0.05, 0) is 39.9 Å². The molecule has 0 aliphatic carbocycles. The van der Waals surface area contributed by atoms with Crippen LogP contribution in [0.15, 0.2) is 66.7 Å². The highest BCUT2D eigenvalue weighted by atomic mass is 16.5. The number of amides is 1. The predicted octanol–water partition coefficient (Wildman–Crippen LogP) is 2.40. The van der Waals surface area contributed by atoms with Gasteiger partial charge in [0.15, 0.2) is 0 Å². The van der Waals surface area contributed by atoms with Gasteiger partial charge in [-0.2, -0.15) is 0 Å². The van der Waals surface area contributed by atoms with E-state index in [2.05, 4.69) is 9.97 Å². The maximum absolute atomic E-state index is 13.6. The number of benzene rings is 3. The molecular weight excluding hydrogens is 458 g/mol. The van der Waals surface area contributed by atoms with E-state index in [4.69, 9.17) is 21.3 Å². The molecule has 0 spiro atoms. The zero-order valence-corrected chi connectivity index (χ0v) is 19.4. The zero-order chi connectivity index (χ0) is 25.2. The third-order valence-corrected chi connectivity index (χ3v) is 6.24. The van der Waals surface area contributed by atoms with Crippen molar-refractivity contribution in [3.63, 3.8) is 0 Å². The number of aromatic nitrogens is 2. The van der Waals surface area contributed by atoms with Crippen LogP contribution < -0.4 is 11.5 Å². The molecule has 9 nitrogen and oxygen atoms in total. The molecule has 5 N–H and O–H groups in total. The molecule has 0 unspecified atom stereocenters. The minimum atomic E-state index is -1.09. The summed E-state index contributed by atoms with van der Waals surface area (Å²) in [6.45, 7) is 0.499. The largest absolute Gasteiger partial charge is 0.460 e. The lowest BCUT2D eigenvalue weighted by Gasteiger charge is -2.17. The van der Waals surface area contributed by atoms with E-state index in [0.29, 0.717) is 24.0 Å². The topological polar surface area (TPSA) is 145 Å². The Morgan fingerprint density at radius 3 is 2.42 bits per heavy atom. The molecule has 182 valence electrons. The van der Waals surface area contributed by atoms with Gasteiger partial charge in [-0.15, -0.1) is 0 Å². The number of nitrogen functional groups attached to an aromatic ring is 1. The number of rotatable bonds is 6. The molecule has 0 fully saturated rings. The van der Waals surface area contributed by atoms with Crippen LogP contribution in [0.1, 0.15) is 27.2 Å². The van der Waals surface area contributed by atoms with Crippen LogP contribution in [0, 0.1) is 0 Å². The zero-order valence-electron chi connectivity index (χ0n) is 19.4. The first-order chi connectivity index (χ1) is 17.4. The summed E-state index contributed by atoms with van der Waals surface area (Å²) in [4.78, 5) is 35.9. The Kier molecular flexibility index (Phi) is 6.32. The minimum absolute atomic E-state index is 0.0171. The Bertz CT molecular complexity index is 1450. The molecule has 0 saturated carbocycles. The number of aliphatic hydroxyl groups is 1. The summed E-state index contributed by atoms with van der Waals surface area (Å²) in [5, 5.41) is 9.66. The first-order valence-electron chi connectivity index (χ1n) is 11.5. The van der Waals surface area contributed by atoms with Gasteiger partial charge >= 0.3 is 5.97 Å². The van der Waals surface area contributed by atoms with Crippen molar-refractivity contribution in [3.05, 3.63) is 89.1 Å². The van der Waals surface area contributed by atoms with E-state index >= 15 is 0 Å². The van der Waals surface area contributed by atoms with Crippen LogP contribution in [-0.2, 0) is 29.2 Å². The normalized spacial score (nSPS) is 13.4. The van der Waals surface area contributed by atoms with Gasteiger partial charge in [-0.3, -0.25) is 9.59 Å². The van der Waals surface area contributed by atoms with Gasteiger partial charge in [0.1, 0.15) is 18.3 Å². The molecular formula is C27H25N5O4. The van der Waals surface area contributed by atoms with Crippen molar-refractivity contribution in [2.45, 2.75) is 25.7 Å². The van der Waals surface area contributed by atoms with Gasteiger partial charge in [-0.1, -0.05) is 54.6 Å². The second-order valence-corrected chi connectivity index (χ2v) is 8.65. The first kappa shape index (κ1) is 23.4. The minimum Gasteiger partial charge on any atom is -0.460 e. The fraction of sp³-hybridized carbons (Fsp3) is 0.185. The highest BCUT2D eigenvalue weighted by Gasteiger charge is 2.27. The number of esters is 1. The number of fused-ring (bicyclic) bond motifs is 2. The molecule has 2 heterocycles. The smallest absolute Gasteiger partial charge is 0.325 e. The number of aliphatic hydroxyl groups excluding tert-OH is 1. The van der Waals surface area contributed by atoms with Gasteiger partial charge in [0.25, 0.3) is 5.91 Å². The van der Waals surface area contributed by atoms with Crippen LogP contribution in [0.3, 0.4) is 0 Å². The number of carbonyl (C=O) groups excluding carboxylic acids is 2. The second kappa shape index (κ2) is 9.73. The second-order valence-electron chi connectivity index (χ2n) is 8.65. The van der Waals surface area contributed by atoms with Crippen LogP contribution in [0.5, 0.6) is 0 Å². The quantitative estimate of drug-likeness (QED) is 0.355. The molecule has 5 rings (SSSR count). The van der Waals surface area contributed by atoms with Crippen LogP contribution in [0.2, 0.25) is 0 Å². The van der Waals surface area contributed by atoms with E-state index in [-0.39, 0.29) is 24.2 Å². The molecule has 1 aliphatic heterocycles. The van der Waals surface area contributed by atoms with E-state index < -0.39 is 18.6 Å². The Morgan fingerprint density at radius 1 is 1.00 bits per heavy atom. The first-order valence-corrected chi connectivity index (χ1v) is 11.5. The molecule has 9 heteroatoms. The number of nitrogens with zero attached hydrogens (tertiary/aromatic N) is 3. The molecule has 0 radical (unpaired) electrons. The number of hydrogen-bond acceptors (Lipinski definition) is 8. The maximum atomic E-state index is 13.6. The molecule has 3 aromatic carbocycles. The molecule has 0 bridgehead atoms. The molecule has 36 heavy (non-hydrogen) atoms. The molecule has 1 amide bonds. The lowest BCUT2D eigenvalue weighted by atomic mass is 9.98. The summed E-state index contributed by atoms with van der Waals surface area (Å²) in [6, 6.07) is 19.8. The van der Waals surface area contributed by atoms with Crippen molar-refractivity contribution >= 4 is 28.7 Å². The van der Waals surface area contributed by atoms with Crippen molar-refractivity contribution in [2.75, 3.05) is 12.3 Å². The highest BCUT2D eigenvalue weighted by molar-refractivity contribution is 6.06. The standard InChI is InChI=1S/C27H25N5O4/c28-22(14-33)26(35)36-15-19-7-3-4-8-20(19)16-9-10-23-21(11-16)24(31-27(29)30-23)25(34)32-12-17-5-1-2-6-18(17)13-32/h1-11,22,33H,12-15,28H2,(H2,29,30,31)/t22-/m1/s1. The highest BCUT2D eigenvalue weighted by Crippen LogP contribution is 2.31. The summed E-state index contributed by atoms with van der Waals surface area (Å²) < 4.78 is 5.28. The average molecular weight is 484 g/mol. The Hall–Kier alpha value is -4.34. The van der Waals surface area contributed by atoms with E-state index in [1.165, 1.54) is 0 Å². The summed E-state index contributed by atoms with van der Waals surface area (Å²) >= 11 is 0. The van der Waals surface area contributed by atoms with Gasteiger partial charge in [-0.25, -0.2) is 9.97 Å². The van der Waals surface area contributed by atoms with Crippen molar-refractivity contribution in [1.82, 2.24) is 14.9 Å². The number of anilines is 1. The molecule has 4 aromatic rings. The maximum Gasteiger partial charge on any atom is 0.325 e. The number of hydrogen-bond donors (Lipinski definition) is 3. The van der Waals surface area contributed by atoms with Crippen molar-refractivity contribution in [3.8, 4) is 11.1 Å². The Morgan fingerprint density at radius 2 is 1.69 bits per heavy atom. The Labute approximate surface area is 207 Å². The van der Waals surface area contributed by atoms with E-state index in [9.17, 15) is 9.59 Å². The monoisotopic (exact) mass is 483 g/mol. The molecule has 1 aliphatic rings. The lowest BCUT2D eigenvalue weighted by molar-refractivity contribution is -0.147. The molecule has 1 atom stereocenters. The molecule has 1 aromatic heterocycles. The van der Waals surface area contributed by atoms with E-state index in [1.807, 2.05) is 60.7 Å².